The molecule has 264 valence electrons. The van der Waals surface area contributed by atoms with Crippen LogP contribution in [0.3, 0.4) is 0 Å². The number of quaternary nitrogens is 1. The molecule has 8 heteroatoms. The van der Waals surface area contributed by atoms with Crippen molar-refractivity contribution < 1.29 is 38.2 Å². The van der Waals surface area contributed by atoms with Gasteiger partial charge in [0.1, 0.15) is 12.6 Å². The molecule has 0 aromatic rings. The molecule has 0 aliphatic rings. The summed E-state index contributed by atoms with van der Waals surface area (Å²) >= 11 is 0. The number of carbonyl (C=O) groups is 3. The zero-order valence-electron chi connectivity index (χ0n) is 29.8. The summed E-state index contributed by atoms with van der Waals surface area (Å²) in [5, 5.41) is 11.5. The molecular weight excluding hydrogens is 570 g/mol. The van der Waals surface area contributed by atoms with E-state index in [1.54, 1.807) is 21.1 Å². The number of likely N-dealkylation sites (N-methyl/N-ethyl adjacent to an activating group) is 1. The maximum Gasteiger partial charge on any atom is 0.306 e. The van der Waals surface area contributed by atoms with Gasteiger partial charge < -0.3 is 28.6 Å². The van der Waals surface area contributed by atoms with E-state index in [0.717, 1.165) is 51.4 Å². The number of rotatable bonds is 32. The first kappa shape index (κ1) is 43.1. The number of ether oxygens (including phenoxy) is 3. The van der Waals surface area contributed by atoms with Gasteiger partial charge in [0, 0.05) is 19.3 Å². The van der Waals surface area contributed by atoms with Gasteiger partial charge in [-0.15, -0.1) is 0 Å². The van der Waals surface area contributed by atoms with Gasteiger partial charge in [-0.25, -0.2) is 0 Å². The minimum Gasteiger partial charge on any atom is -0.544 e. The molecule has 2 atom stereocenters. The van der Waals surface area contributed by atoms with Crippen LogP contribution in [0.4, 0.5) is 0 Å². The van der Waals surface area contributed by atoms with Gasteiger partial charge in [-0.3, -0.25) is 9.59 Å². The highest BCUT2D eigenvalue weighted by Gasteiger charge is 2.25. The number of carbonyl (C=O) groups excluding carboxylic acids is 3. The van der Waals surface area contributed by atoms with E-state index in [2.05, 4.69) is 26.0 Å². The zero-order chi connectivity index (χ0) is 33.6. The maximum atomic E-state index is 12.6. The van der Waals surface area contributed by atoms with Crippen LogP contribution in [-0.4, -0.2) is 75.5 Å². The molecule has 0 aromatic carbocycles. The molecule has 0 spiro atoms. The Labute approximate surface area is 276 Å². The molecule has 0 saturated heterocycles. The van der Waals surface area contributed by atoms with Crippen molar-refractivity contribution in [2.45, 2.75) is 167 Å². The molecule has 8 nitrogen and oxygen atoms in total. The third-order valence-corrected chi connectivity index (χ3v) is 8.15. The Morgan fingerprint density at radius 1 is 0.644 bits per heavy atom. The molecule has 0 bridgehead atoms. The van der Waals surface area contributed by atoms with Crippen molar-refractivity contribution in [1.29, 1.82) is 0 Å². The summed E-state index contributed by atoms with van der Waals surface area (Å²) in [7, 11) is 5.39. The predicted octanol–water partition coefficient (Wildman–Crippen LogP) is 7.46. The van der Waals surface area contributed by atoms with Crippen molar-refractivity contribution >= 4 is 17.9 Å². The summed E-state index contributed by atoms with van der Waals surface area (Å²) in [5.74, 6) is -1.75. The van der Waals surface area contributed by atoms with E-state index in [1.807, 2.05) is 0 Å². The number of esters is 2. The molecule has 0 radical (unpaired) electrons. The van der Waals surface area contributed by atoms with Gasteiger partial charge in [0.05, 0.1) is 40.3 Å². The normalized spacial score (nSPS) is 13.2. The number of unbranched alkanes of at least 4 members (excludes halogenated alkanes) is 16. The second kappa shape index (κ2) is 29.5. The van der Waals surface area contributed by atoms with Gasteiger partial charge in [0.25, 0.3) is 0 Å². The number of allylic oxidation sites excluding steroid dienone is 2. The average molecular weight is 640 g/mol. The second-order valence-corrected chi connectivity index (χ2v) is 13.5. The Bertz CT molecular complexity index is 762. The molecule has 45 heavy (non-hydrogen) atoms. The Kier molecular flexibility index (Phi) is 28.2. The molecule has 2 unspecified atom stereocenters. The highest BCUT2D eigenvalue weighted by atomic mass is 16.6. The van der Waals surface area contributed by atoms with Gasteiger partial charge in [-0.1, -0.05) is 109 Å². The van der Waals surface area contributed by atoms with E-state index in [4.69, 9.17) is 14.2 Å². The molecule has 0 saturated carbocycles. The largest absolute Gasteiger partial charge is 0.544 e. The highest BCUT2D eigenvalue weighted by molar-refractivity contribution is 5.70. The fraction of sp³-hybridized carbons (Fsp3) is 0.865. The predicted molar refractivity (Wildman–Crippen MR) is 181 cm³/mol. The van der Waals surface area contributed by atoms with Gasteiger partial charge in [-0.2, -0.15) is 0 Å². The fourth-order valence-corrected chi connectivity index (χ4v) is 5.24. The van der Waals surface area contributed by atoms with Crippen LogP contribution in [0, 0.1) is 0 Å². The Balaban J connectivity index is 4.46. The fourth-order valence-electron chi connectivity index (χ4n) is 5.24. The van der Waals surface area contributed by atoms with E-state index in [1.165, 1.54) is 70.6 Å². The molecule has 0 fully saturated rings. The molecule has 0 rings (SSSR count). The van der Waals surface area contributed by atoms with Crippen molar-refractivity contribution in [3.63, 3.8) is 0 Å². The number of carboxylic acids is 1. The Hall–Kier alpha value is -1.93. The van der Waals surface area contributed by atoms with Crippen LogP contribution in [0.2, 0.25) is 0 Å². The third-order valence-electron chi connectivity index (χ3n) is 8.15. The van der Waals surface area contributed by atoms with Crippen LogP contribution in [0.1, 0.15) is 155 Å². The zero-order valence-corrected chi connectivity index (χ0v) is 29.8. The van der Waals surface area contributed by atoms with E-state index >= 15 is 0 Å². The van der Waals surface area contributed by atoms with Crippen LogP contribution in [0.25, 0.3) is 0 Å². The quantitative estimate of drug-likeness (QED) is 0.0326. The second-order valence-electron chi connectivity index (χ2n) is 13.5. The monoisotopic (exact) mass is 640 g/mol. The highest BCUT2D eigenvalue weighted by Crippen LogP contribution is 2.13. The van der Waals surface area contributed by atoms with Crippen molar-refractivity contribution in [3.8, 4) is 0 Å². The number of hydrogen-bond acceptors (Lipinski definition) is 7. The van der Waals surface area contributed by atoms with Crippen LogP contribution in [0.5, 0.6) is 0 Å². The topological polar surface area (TPSA) is 102 Å². The first-order chi connectivity index (χ1) is 21.6. The number of hydrogen-bond donors (Lipinski definition) is 0. The van der Waals surface area contributed by atoms with Gasteiger partial charge >= 0.3 is 11.9 Å². The van der Waals surface area contributed by atoms with E-state index in [9.17, 15) is 19.5 Å². The first-order valence-electron chi connectivity index (χ1n) is 18.2. The summed E-state index contributed by atoms with van der Waals surface area (Å²) in [5.41, 5.74) is 0. The standard InChI is InChI=1S/C37H69NO7/c1-6-8-10-12-14-16-17-18-20-22-24-26-28-36(40)45-33(31-43-30-29-34(37(41)42)38(3,4)5)32-44-35(39)27-25-23-21-19-15-13-11-9-7-2/h14,16,33-34H,6-13,15,17-32H2,1-5H3/b16-14+. The van der Waals surface area contributed by atoms with Crippen LogP contribution in [-0.2, 0) is 28.6 Å². The lowest BCUT2D eigenvalue weighted by Gasteiger charge is -2.34. The summed E-state index contributed by atoms with van der Waals surface area (Å²) in [6.07, 6.45) is 26.6. The molecule has 0 aromatic heterocycles. The third kappa shape index (κ3) is 28.1. The lowest BCUT2D eigenvalue weighted by molar-refractivity contribution is -0.889. The number of carboxylic acid groups (broad SMARTS) is 1. The Morgan fingerprint density at radius 3 is 1.64 bits per heavy atom. The first-order valence-corrected chi connectivity index (χ1v) is 18.2. The molecule has 0 aliphatic heterocycles. The lowest BCUT2D eigenvalue weighted by Crippen LogP contribution is -2.55. The van der Waals surface area contributed by atoms with E-state index < -0.39 is 18.1 Å². The number of aliphatic carboxylic acids is 1. The van der Waals surface area contributed by atoms with Crippen LogP contribution in [0.15, 0.2) is 12.2 Å². The van der Waals surface area contributed by atoms with Gasteiger partial charge in [-0.05, 0) is 38.5 Å². The van der Waals surface area contributed by atoms with Crippen molar-refractivity contribution in [3.05, 3.63) is 12.2 Å². The van der Waals surface area contributed by atoms with Crippen LogP contribution < -0.4 is 5.11 Å². The minimum absolute atomic E-state index is 0.0416. The van der Waals surface area contributed by atoms with Crippen molar-refractivity contribution in [1.82, 2.24) is 0 Å². The van der Waals surface area contributed by atoms with Crippen molar-refractivity contribution in [2.75, 3.05) is 41.0 Å². The van der Waals surface area contributed by atoms with Gasteiger partial charge in [0.2, 0.25) is 0 Å². The van der Waals surface area contributed by atoms with Crippen LogP contribution >= 0.6 is 0 Å². The Morgan fingerprint density at radius 2 is 1.11 bits per heavy atom. The number of nitrogens with zero attached hydrogens (tertiary/aromatic N) is 1. The van der Waals surface area contributed by atoms with E-state index in [-0.39, 0.29) is 42.7 Å². The molecule has 0 heterocycles. The SMILES string of the molecule is CCCCC/C=C/CCCCCCCC(=O)OC(COCCC(C(=O)[O-])[N+](C)(C)C)COC(=O)CCCCCCCCCCC. The molecular formula is C37H69NO7. The smallest absolute Gasteiger partial charge is 0.306 e. The summed E-state index contributed by atoms with van der Waals surface area (Å²) < 4.78 is 17.0. The lowest BCUT2D eigenvalue weighted by atomic mass is 10.1. The maximum absolute atomic E-state index is 12.6. The van der Waals surface area contributed by atoms with Crippen molar-refractivity contribution in [2.24, 2.45) is 0 Å². The summed E-state index contributed by atoms with van der Waals surface area (Å²) in [4.78, 5) is 36.5. The molecule has 0 aliphatic carbocycles. The molecule has 0 N–H and O–H groups in total. The summed E-state index contributed by atoms with van der Waals surface area (Å²) in [6, 6.07) is -0.720. The summed E-state index contributed by atoms with van der Waals surface area (Å²) in [6.45, 7) is 4.59. The van der Waals surface area contributed by atoms with Gasteiger partial charge in [0.15, 0.2) is 6.10 Å². The van der Waals surface area contributed by atoms with E-state index in [0.29, 0.717) is 12.8 Å². The molecule has 0 amide bonds. The minimum atomic E-state index is -1.13. The average Bonchev–Trinajstić information content (AvgIpc) is 2.98.